The number of hydrogen-bond donors (Lipinski definition) is 1. The van der Waals surface area contributed by atoms with Crippen molar-refractivity contribution in [2.45, 2.75) is 5.16 Å². The third-order valence-electron chi connectivity index (χ3n) is 2.02. The fraction of sp³-hybridized carbons (Fsp3) is 0.700. The first-order valence-electron chi connectivity index (χ1n) is 5.15. The Kier molecular flexibility index (Phi) is 5.75. The maximum atomic E-state index is 4.25. The summed E-state index contributed by atoms with van der Waals surface area (Å²) in [6.45, 7) is 3.17. The molecule has 0 aliphatic rings. The molecule has 1 aromatic rings. The third kappa shape index (κ3) is 5.20. The van der Waals surface area contributed by atoms with E-state index in [1.165, 1.54) is 0 Å². The van der Waals surface area contributed by atoms with E-state index in [2.05, 4.69) is 29.3 Å². The molecule has 1 N–H and O–H groups in total. The highest BCUT2D eigenvalue weighted by atomic mass is 32.2. The van der Waals surface area contributed by atoms with Crippen LogP contribution in [-0.2, 0) is 7.05 Å². The molecule has 0 saturated carbocycles. The zero-order valence-electron chi connectivity index (χ0n) is 9.73. The zero-order valence-corrected chi connectivity index (χ0v) is 10.5. The van der Waals surface area contributed by atoms with E-state index in [-0.39, 0.29) is 0 Å². The van der Waals surface area contributed by atoms with Gasteiger partial charge in [0.05, 0.1) is 0 Å². The van der Waals surface area contributed by atoms with Crippen LogP contribution in [0.2, 0.25) is 0 Å². The van der Waals surface area contributed by atoms with Gasteiger partial charge in [-0.3, -0.25) is 0 Å². The van der Waals surface area contributed by atoms with E-state index in [0.717, 1.165) is 30.5 Å². The van der Waals surface area contributed by atoms with Crippen molar-refractivity contribution in [1.29, 1.82) is 0 Å². The molecule has 5 heteroatoms. The average molecular weight is 228 g/mol. The lowest BCUT2D eigenvalue weighted by Gasteiger charge is -2.09. The van der Waals surface area contributed by atoms with Gasteiger partial charge < -0.3 is 14.8 Å². The van der Waals surface area contributed by atoms with Crippen molar-refractivity contribution in [2.75, 3.05) is 39.5 Å². The minimum absolute atomic E-state index is 1.03. The summed E-state index contributed by atoms with van der Waals surface area (Å²) in [4.78, 5) is 6.43. The van der Waals surface area contributed by atoms with Crippen molar-refractivity contribution in [3.8, 4) is 0 Å². The summed E-state index contributed by atoms with van der Waals surface area (Å²) in [5.41, 5.74) is 0. The van der Waals surface area contributed by atoms with Crippen molar-refractivity contribution >= 4 is 11.8 Å². The highest BCUT2D eigenvalue weighted by Gasteiger charge is 1.98. The predicted octanol–water partition coefficient (Wildman–Crippen LogP) is 0.663. The SMILES string of the molecule is CN(C)CCNCCSc1nccn1C. The second kappa shape index (κ2) is 6.87. The lowest BCUT2D eigenvalue weighted by molar-refractivity contribution is 0.403. The van der Waals surface area contributed by atoms with Crippen LogP contribution >= 0.6 is 11.8 Å². The Hall–Kier alpha value is -0.520. The van der Waals surface area contributed by atoms with E-state index in [9.17, 15) is 0 Å². The Morgan fingerprint density at radius 3 is 2.87 bits per heavy atom. The quantitative estimate of drug-likeness (QED) is 0.549. The molecule has 4 nitrogen and oxygen atoms in total. The van der Waals surface area contributed by atoms with Crippen molar-refractivity contribution in [2.24, 2.45) is 7.05 Å². The molecule has 1 aromatic heterocycles. The van der Waals surface area contributed by atoms with E-state index in [0.29, 0.717) is 0 Å². The molecule has 0 amide bonds. The highest BCUT2D eigenvalue weighted by molar-refractivity contribution is 7.99. The fourth-order valence-electron chi connectivity index (χ4n) is 1.13. The van der Waals surface area contributed by atoms with Gasteiger partial charge in [0.25, 0.3) is 0 Å². The third-order valence-corrected chi connectivity index (χ3v) is 3.08. The summed E-state index contributed by atoms with van der Waals surface area (Å²) in [6.07, 6.45) is 3.81. The number of aryl methyl sites for hydroxylation is 1. The number of nitrogens with zero attached hydrogens (tertiary/aromatic N) is 3. The zero-order chi connectivity index (χ0) is 11.1. The van der Waals surface area contributed by atoms with Gasteiger partial charge in [-0.15, -0.1) is 0 Å². The molecule has 0 radical (unpaired) electrons. The maximum absolute atomic E-state index is 4.25. The largest absolute Gasteiger partial charge is 0.329 e. The van der Waals surface area contributed by atoms with Crippen molar-refractivity contribution in [3.63, 3.8) is 0 Å². The van der Waals surface area contributed by atoms with E-state index in [4.69, 9.17) is 0 Å². The molecular formula is C10H20N4S. The topological polar surface area (TPSA) is 33.1 Å². The number of imidazole rings is 1. The van der Waals surface area contributed by atoms with E-state index in [1.807, 2.05) is 24.0 Å². The number of thioether (sulfide) groups is 1. The molecule has 0 saturated heterocycles. The standard InChI is InChI=1S/C10H20N4S/c1-13(2)7-4-11-6-9-15-10-12-5-8-14(10)3/h5,8,11H,4,6-7,9H2,1-3H3. The van der Waals surface area contributed by atoms with Gasteiger partial charge in [0.2, 0.25) is 0 Å². The van der Waals surface area contributed by atoms with Crippen LogP contribution < -0.4 is 5.32 Å². The van der Waals surface area contributed by atoms with Crippen LogP contribution in [0.3, 0.4) is 0 Å². The minimum atomic E-state index is 1.03. The van der Waals surface area contributed by atoms with Gasteiger partial charge in [-0.2, -0.15) is 0 Å². The molecule has 0 atom stereocenters. The Labute approximate surface area is 96.1 Å². The Morgan fingerprint density at radius 1 is 1.47 bits per heavy atom. The van der Waals surface area contributed by atoms with Crippen LogP contribution in [0.4, 0.5) is 0 Å². The van der Waals surface area contributed by atoms with E-state index >= 15 is 0 Å². The second-order valence-corrected chi connectivity index (χ2v) is 4.78. The number of aromatic nitrogens is 2. The maximum Gasteiger partial charge on any atom is 0.167 e. The molecule has 1 rings (SSSR count). The van der Waals surface area contributed by atoms with Crippen LogP contribution in [0.1, 0.15) is 0 Å². The number of nitrogens with one attached hydrogen (secondary N) is 1. The Bertz CT molecular complexity index is 272. The van der Waals surface area contributed by atoms with Gasteiger partial charge in [-0.25, -0.2) is 4.98 Å². The van der Waals surface area contributed by atoms with Crippen molar-refractivity contribution in [3.05, 3.63) is 12.4 Å². The van der Waals surface area contributed by atoms with Crippen LogP contribution in [0.15, 0.2) is 17.6 Å². The number of hydrogen-bond acceptors (Lipinski definition) is 4. The summed E-state index contributed by atoms with van der Waals surface area (Å²) >= 11 is 1.79. The molecule has 0 spiro atoms. The first-order valence-corrected chi connectivity index (χ1v) is 6.14. The Morgan fingerprint density at radius 2 is 2.27 bits per heavy atom. The van der Waals surface area contributed by atoms with Gasteiger partial charge in [-0.1, -0.05) is 11.8 Å². The summed E-state index contributed by atoms with van der Waals surface area (Å²) in [6, 6.07) is 0. The molecule has 0 aliphatic carbocycles. The van der Waals surface area contributed by atoms with E-state index < -0.39 is 0 Å². The predicted molar refractivity (Wildman–Crippen MR) is 65.4 cm³/mol. The number of likely N-dealkylation sites (N-methyl/N-ethyl adjacent to an activating group) is 1. The smallest absolute Gasteiger partial charge is 0.167 e. The summed E-state index contributed by atoms with van der Waals surface area (Å²) in [5, 5.41) is 4.49. The molecule has 15 heavy (non-hydrogen) atoms. The molecular weight excluding hydrogens is 208 g/mol. The highest BCUT2D eigenvalue weighted by Crippen LogP contribution is 2.12. The molecule has 0 aromatic carbocycles. The molecule has 86 valence electrons. The minimum Gasteiger partial charge on any atom is -0.329 e. The van der Waals surface area contributed by atoms with Crippen LogP contribution in [0.5, 0.6) is 0 Å². The lowest BCUT2D eigenvalue weighted by atomic mass is 10.5. The van der Waals surface area contributed by atoms with Crippen LogP contribution in [0, 0.1) is 0 Å². The lowest BCUT2D eigenvalue weighted by Crippen LogP contribution is -2.28. The molecule has 0 unspecified atom stereocenters. The van der Waals surface area contributed by atoms with Gasteiger partial charge in [0.15, 0.2) is 5.16 Å². The normalized spacial score (nSPS) is 11.2. The average Bonchev–Trinajstić information content (AvgIpc) is 2.57. The number of rotatable bonds is 7. The van der Waals surface area contributed by atoms with Gasteiger partial charge in [0.1, 0.15) is 0 Å². The van der Waals surface area contributed by atoms with E-state index in [1.54, 1.807) is 11.8 Å². The van der Waals surface area contributed by atoms with Crippen LogP contribution in [-0.4, -0.2) is 53.9 Å². The van der Waals surface area contributed by atoms with Crippen molar-refractivity contribution in [1.82, 2.24) is 19.8 Å². The monoisotopic (exact) mass is 228 g/mol. The Balaban J connectivity index is 2.00. The molecule has 0 fully saturated rings. The molecule has 0 aliphatic heterocycles. The summed E-state index contributed by atoms with van der Waals surface area (Å²) in [5.74, 6) is 1.07. The fourth-order valence-corrected chi connectivity index (χ4v) is 1.96. The molecule has 1 heterocycles. The van der Waals surface area contributed by atoms with Crippen molar-refractivity contribution < 1.29 is 0 Å². The first-order chi connectivity index (χ1) is 7.20. The van der Waals surface area contributed by atoms with Crippen LogP contribution in [0.25, 0.3) is 0 Å². The van der Waals surface area contributed by atoms with Gasteiger partial charge in [0, 0.05) is 44.8 Å². The summed E-state index contributed by atoms with van der Waals surface area (Å²) < 4.78 is 2.05. The first kappa shape index (κ1) is 12.5. The van der Waals surface area contributed by atoms with Gasteiger partial charge in [-0.05, 0) is 14.1 Å². The second-order valence-electron chi connectivity index (χ2n) is 3.72. The summed E-state index contributed by atoms with van der Waals surface area (Å²) in [7, 11) is 6.20. The molecule has 0 bridgehead atoms. The van der Waals surface area contributed by atoms with Gasteiger partial charge >= 0.3 is 0 Å².